The minimum Gasteiger partial charge on any atom is -0.464 e. The van der Waals surface area contributed by atoms with Crippen molar-refractivity contribution < 1.29 is 14.8 Å². The van der Waals surface area contributed by atoms with Gasteiger partial charge in [0.05, 0.1) is 16.7 Å². The van der Waals surface area contributed by atoms with Gasteiger partial charge < -0.3 is 5.11 Å². The van der Waals surface area contributed by atoms with Crippen molar-refractivity contribution in [2.24, 2.45) is 5.10 Å². The van der Waals surface area contributed by atoms with E-state index in [1.165, 1.54) is 12.1 Å². The predicted molar refractivity (Wildman–Crippen MR) is 88.3 cm³/mol. The van der Waals surface area contributed by atoms with E-state index in [4.69, 9.17) is 11.6 Å². The number of hydrogen-bond donors (Lipinski definition) is 1. The van der Waals surface area contributed by atoms with E-state index in [0.717, 1.165) is 10.6 Å². The third-order valence-corrected chi connectivity index (χ3v) is 4.02. The molecule has 1 amide bonds. The summed E-state index contributed by atoms with van der Waals surface area (Å²) in [4.78, 5) is 21.7. The molecule has 0 saturated carbocycles. The Morgan fingerprint density at radius 3 is 2.38 bits per heavy atom. The van der Waals surface area contributed by atoms with Gasteiger partial charge in [-0.1, -0.05) is 23.7 Å². The second-order valence-corrected chi connectivity index (χ2v) is 5.69. The zero-order valence-corrected chi connectivity index (χ0v) is 13.1. The number of nitro benzene ring substituents is 1. The van der Waals surface area contributed by atoms with Crippen LogP contribution in [0.4, 0.5) is 10.5 Å². The maximum absolute atomic E-state index is 11.5. The SMILES string of the molecule is O=C(O)N1N=C(c2ccc([N+](=O)[O-])cc2)CC1c1ccc(Cl)cc1. The highest BCUT2D eigenvalue weighted by atomic mass is 35.5. The maximum Gasteiger partial charge on any atom is 0.428 e. The van der Waals surface area contributed by atoms with Crippen LogP contribution in [-0.4, -0.2) is 26.8 Å². The van der Waals surface area contributed by atoms with E-state index in [-0.39, 0.29) is 5.69 Å². The van der Waals surface area contributed by atoms with Crippen molar-refractivity contribution in [2.75, 3.05) is 0 Å². The average Bonchev–Trinajstić information content (AvgIpc) is 3.01. The van der Waals surface area contributed by atoms with Gasteiger partial charge in [-0.25, -0.2) is 4.79 Å². The van der Waals surface area contributed by atoms with E-state index in [1.54, 1.807) is 36.4 Å². The van der Waals surface area contributed by atoms with Crippen LogP contribution in [0.25, 0.3) is 0 Å². The van der Waals surface area contributed by atoms with Crippen LogP contribution in [0.15, 0.2) is 53.6 Å². The average molecular weight is 346 g/mol. The summed E-state index contributed by atoms with van der Waals surface area (Å²) in [6.45, 7) is 0. The molecule has 0 aromatic heterocycles. The van der Waals surface area contributed by atoms with Crippen LogP contribution in [-0.2, 0) is 0 Å². The van der Waals surface area contributed by atoms with E-state index < -0.39 is 17.1 Å². The molecule has 24 heavy (non-hydrogen) atoms. The van der Waals surface area contributed by atoms with Crippen molar-refractivity contribution >= 4 is 29.1 Å². The van der Waals surface area contributed by atoms with Gasteiger partial charge in [-0.05, 0) is 35.4 Å². The standard InChI is InChI=1S/C16H12ClN3O4/c17-12-5-1-11(2-6-12)15-9-14(18-19(15)16(21)22)10-3-7-13(8-4-10)20(23)24/h1-8,15H,9H2,(H,21,22). The lowest BCUT2D eigenvalue weighted by molar-refractivity contribution is -0.384. The first-order valence-corrected chi connectivity index (χ1v) is 7.43. The number of halogens is 1. The van der Waals surface area contributed by atoms with Gasteiger partial charge in [0, 0.05) is 23.6 Å². The Balaban J connectivity index is 1.90. The predicted octanol–water partition coefficient (Wildman–Crippen LogP) is 4.08. The van der Waals surface area contributed by atoms with Gasteiger partial charge in [0.2, 0.25) is 0 Å². The Morgan fingerprint density at radius 2 is 1.83 bits per heavy atom. The summed E-state index contributed by atoms with van der Waals surface area (Å²) in [5.41, 5.74) is 1.97. The first-order valence-electron chi connectivity index (χ1n) is 7.05. The van der Waals surface area contributed by atoms with Crippen LogP contribution in [0.1, 0.15) is 23.6 Å². The molecular weight excluding hydrogens is 334 g/mol. The van der Waals surface area contributed by atoms with E-state index in [9.17, 15) is 20.0 Å². The Bertz CT molecular complexity index is 818. The lowest BCUT2D eigenvalue weighted by Gasteiger charge is -2.18. The summed E-state index contributed by atoms with van der Waals surface area (Å²) in [5, 5.41) is 25.8. The molecule has 1 N–H and O–H groups in total. The van der Waals surface area contributed by atoms with Crippen molar-refractivity contribution in [1.29, 1.82) is 0 Å². The van der Waals surface area contributed by atoms with Crippen LogP contribution in [0.3, 0.4) is 0 Å². The lowest BCUT2D eigenvalue weighted by atomic mass is 9.98. The lowest BCUT2D eigenvalue weighted by Crippen LogP contribution is -2.25. The molecule has 1 aliphatic heterocycles. The zero-order chi connectivity index (χ0) is 17.3. The number of carboxylic acid groups (broad SMARTS) is 1. The molecule has 0 bridgehead atoms. The van der Waals surface area contributed by atoms with E-state index in [2.05, 4.69) is 5.10 Å². The number of carbonyl (C=O) groups is 1. The smallest absolute Gasteiger partial charge is 0.428 e. The van der Waals surface area contributed by atoms with Crippen LogP contribution in [0.5, 0.6) is 0 Å². The molecule has 0 aliphatic carbocycles. The molecule has 3 rings (SSSR count). The van der Waals surface area contributed by atoms with Crippen LogP contribution < -0.4 is 0 Å². The van der Waals surface area contributed by atoms with Gasteiger partial charge in [0.1, 0.15) is 0 Å². The molecule has 0 saturated heterocycles. The Hall–Kier alpha value is -2.93. The van der Waals surface area contributed by atoms with Crippen molar-refractivity contribution in [3.63, 3.8) is 0 Å². The fourth-order valence-corrected chi connectivity index (χ4v) is 2.71. The Labute approximate surface area is 141 Å². The summed E-state index contributed by atoms with van der Waals surface area (Å²) in [6.07, 6.45) is -0.780. The van der Waals surface area contributed by atoms with Crippen LogP contribution in [0, 0.1) is 10.1 Å². The second-order valence-electron chi connectivity index (χ2n) is 5.25. The molecule has 0 spiro atoms. The monoisotopic (exact) mass is 345 g/mol. The number of hydrazone groups is 1. The van der Waals surface area contributed by atoms with Crippen molar-refractivity contribution in [1.82, 2.24) is 5.01 Å². The van der Waals surface area contributed by atoms with Gasteiger partial charge in [-0.15, -0.1) is 0 Å². The van der Waals surface area contributed by atoms with Gasteiger partial charge in [0.25, 0.3) is 5.69 Å². The van der Waals surface area contributed by atoms with Crippen molar-refractivity contribution in [2.45, 2.75) is 12.5 Å². The Morgan fingerprint density at radius 1 is 1.21 bits per heavy atom. The van der Waals surface area contributed by atoms with Crippen LogP contribution in [0.2, 0.25) is 5.02 Å². The molecule has 1 atom stereocenters. The second kappa shape index (κ2) is 6.29. The molecule has 7 nitrogen and oxygen atoms in total. The number of benzene rings is 2. The highest BCUT2D eigenvalue weighted by Crippen LogP contribution is 2.33. The van der Waals surface area contributed by atoms with E-state index in [0.29, 0.717) is 22.7 Å². The van der Waals surface area contributed by atoms with E-state index >= 15 is 0 Å². The first-order chi connectivity index (χ1) is 11.5. The zero-order valence-electron chi connectivity index (χ0n) is 12.3. The normalized spacial score (nSPS) is 16.8. The summed E-state index contributed by atoms with van der Waals surface area (Å²) in [5.74, 6) is 0. The minimum atomic E-state index is -1.16. The molecule has 2 aromatic carbocycles. The fraction of sp³-hybridized carbons (Fsp3) is 0.125. The largest absolute Gasteiger partial charge is 0.464 e. The Kier molecular flexibility index (Phi) is 4.18. The number of rotatable bonds is 3. The van der Waals surface area contributed by atoms with Gasteiger partial charge >= 0.3 is 6.09 Å². The molecule has 8 heteroatoms. The van der Waals surface area contributed by atoms with Gasteiger partial charge in [0.15, 0.2) is 0 Å². The molecule has 2 aromatic rings. The number of nitro groups is 1. The first kappa shape index (κ1) is 15.9. The molecular formula is C16H12ClN3O4. The summed E-state index contributed by atoms with van der Waals surface area (Å²) < 4.78 is 0. The third kappa shape index (κ3) is 3.07. The molecule has 1 heterocycles. The number of non-ortho nitro benzene ring substituents is 1. The minimum absolute atomic E-state index is 0.0262. The van der Waals surface area contributed by atoms with Crippen molar-refractivity contribution in [3.05, 3.63) is 74.8 Å². The molecule has 1 aliphatic rings. The third-order valence-electron chi connectivity index (χ3n) is 3.77. The number of hydrogen-bond acceptors (Lipinski definition) is 4. The molecule has 0 fully saturated rings. The van der Waals surface area contributed by atoms with Gasteiger partial charge in [-0.3, -0.25) is 10.1 Å². The molecule has 0 radical (unpaired) electrons. The van der Waals surface area contributed by atoms with Gasteiger partial charge in [-0.2, -0.15) is 10.1 Å². The van der Waals surface area contributed by atoms with Crippen LogP contribution >= 0.6 is 11.6 Å². The number of amides is 1. The highest BCUT2D eigenvalue weighted by Gasteiger charge is 2.33. The fourth-order valence-electron chi connectivity index (χ4n) is 2.58. The molecule has 1 unspecified atom stereocenters. The maximum atomic E-state index is 11.5. The topological polar surface area (TPSA) is 96.0 Å². The highest BCUT2D eigenvalue weighted by molar-refractivity contribution is 6.30. The summed E-state index contributed by atoms with van der Waals surface area (Å²) >= 11 is 5.87. The number of nitrogens with zero attached hydrogens (tertiary/aromatic N) is 3. The van der Waals surface area contributed by atoms with E-state index in [1.807, 2.05) is 0 Å². The quantitative estimate of drug-likeness (QED) is 0.669. The van der Waals surface area contributed by atoms with Crippen molar-refractivity contribution in [3.8, 4) is 0 Å². The summed E-state index contributed by atoms with van der Waals surface area (Å²) in [7, 11) is 0. The summed E-state index contributed by atoms with van der Waals surface area (Å²) in [6, 6.07) is 12.3. The molecule has 122 valence electrons.